The van der Waals surface area contributed by atoms with Crippen molar-refractivity contribution < 1.29 is 14.1 Å². The molecule has 0 saturated heterocycles. The molecule has 0 bridgehead atoms. The summed E-state index contributed by atoms with van der Waals surface area (Å²) in [5.41, 5.74) is 3.40. The molecule has 0 radical (unpaired) electrons. The van der Waals surface area contributed by atoms with Gasteiger partial charge in [0.1, 0.15) is 17.1 Å². The number of hydrogen-bond acceptors (Lipinski definition) is 6. The van der Waals surface area contributed by atoms with Crippen LogP contribution < -0.4 is 5.32 Å². The van der Waals surface area contributed by atoms with Crippen molar-refractivity contribution in [3.8, 4) is 11.4 Å². The molecule has 8 nitrogen and oxygen atoms in total. The maximum absolute atomic E-state index is 12.8. The number of hydrogen-bond donors (Lipinski definition) is 1. The topological polar surface area (TPSA) is 102 Å². The van der Waals surface area contributed by atoms with Crippen LogP contribution in [0.2, 0.25) is 0 Å². The summed E-state index contributed by atoms with van der Waals surface area (Å²) in [5, 5.41) is 6.91. The Morgan fingerprint density at radius 1 is 1.21 bits per heavy atom. The fourth-order valence-electron chi connectivity index (χ4n) is 2.94. The number of benzene rings is 1. The summed E-state index contributed by atoms with van der Waals surface area (Å²) in [4.78, 5) is 32.5. The van der Waals surface area contributed by atoms with Gasteiger partial charge in [0, 0.05) is 30.3 Å². The number of nitrogens with one attached hydrogen (secondary N) is 1. The van der Waals surface area contributed by atoms with Gasteiger partial charge >= 0.3 is 0 Å². The highest BCUT2D eigenvalue weighted by Crippen LogP contribution is 2.24. The number of carbonyl (C=O) groups is 2. The number of fused-ring (bicyclic) bond motifs is 1. The zero-order valence-electron chi connectivity index (χ0n) is 16.0. The molecule has 0 spiro atoms. The Hall–Kier alpha value is -3.81. The van der Waals surface area contributed by atoms with E-state index in [0.717, 1.165) is 5.56 Å². The minimum Gasteiger partial charge on any atom is -0.339 e. The molecule has 1 amide bonds. The van der Waals surface area contributed by atoms with Crippen molar-refractivity contribution in [3.63, 3.8) is 0 Å². The molecule has 3 aromatic heterocycles. The fourth-order valence-corrected chi connectivity index (χ4v) is 2.94. The summed E-state index contributed by atoms with van der Waals surface area (Å²) >= 11 is 0. The van der Waals surface area contributed by atoms with E-state index in [4.69, 9.17) is 4.52 Å². The van der Waals surface area contributed by atoms with Gasteiger partial charge in [-0.25, -0.2) is 4.98 Å². The molecule has 0 aliphatic rings. The van der Waals surface area contributed by atoms with E-state index >= 15 is 0 Å². The molecule has 1 N–H and O–H groups in total. The predicted octanol–water partition coefficient (Wildman–Crippen LogP) is 3.47. The van der Waals surface area contributed by atoms with Gasteiger partial charge in [0.15, 0.2) is 0 Å². The first-order chi connectivity index (χ1) is 14.0. The molecule has 8 heteroatoms. The third-order valence-corrected chi connectivity index (χ3v) is 4.55. The van der Waals surface area contributed by atoms with Crippen molar-refractivity contribution in [2.45, 2.75) is 26.7 Å². The first-order valence-electron chi connectivity index (χ1n) is 9.18. The van der Waals surface area contributed by atoms with E-state index in [9.17, 15) is 9.59 Å². The first kappa shape index (κ1) is 18.5. The monoisotopic (exact) mass is 389 g/mol. The van der Waals surface area contributed by atoms with Crippen LogP contribution in [0.5, 0.6) is 0 Å². The summed E-state index contributed by atoms with van der Waals surface area (Å²) < 4.78 is 6.95. The maximum atomic E-state index is 12.8. The van der Waals surface area contributed by atoms with Crippen LogP contribution in [-0.4, -0.2) is 31.2 Å². The number of ketones is 1. The molecule has 0 saturated carbocycles. The minimum atomic E-state index is -0.265. The molecule has 146 valence electrons. The number of carbonyl (C=O) groups excluding carboxylic acids is 2. The van der Waals surface area contributed by atoms with Crippen molar-refractivity contribution in [1.82, 2.24) is 19.5 Å². The van der Waals surface area contributed by atoms with Crippen LogP contribution in [0, 0.1) is 6.92 Å². The van der Waals surface area contributed by atoms with Gasteiger partial charge in [0.25, 0.3) is 5.91 Å². The second kappa shape index (κ2) is 7.67. The SMILES string of the molecule is CC(=O)CCc1nc(-c2ccc(C)c(NC(=O)c3cnc4ccccn34)c2)no1. The van der Waals surface area contributed by atoms with E-state index < -0.39 is 0 Å². The van der Waals surface area contributed by atoms with E-state index in [2.05, 4.69) is 20.4 Å². The number of rotatable bonds is 6. The van der Waals surface area contributed by atoms with E-state index in [1.54, 1.807) is 22.9 Å². The summed E-state index contributed by atoms with van der Waals surface area (Å²) in [6, 6.07) is 11.1. The number of aryl methyl sites for hydroxylation is 2. The molecule has 1 aromatic carbocycles. The Morgan fingerprint density at radius 3 is 2.90 bits per heavy atom. The Balaban J connectivity index is 1.57. The van der Waals surface area contributed by atoms with Crippen LogP contribution in [-0.2, 0) is 11.2 Å². The number of imidazole rings is 1. The lowest BCUT2D eigenvalue weighted by Gasteiger charge is -2.09. The molecule has 0 atom stereocenters. The zero-order chi connectivity index (χ0) is 20.4. The summed E-state index contributed by atoms with van der Waals surface area (Å²) in [5.74, 6) is 0.623. The summed E-state index contributed by atoms with van der Waals surface area (Å²) in [6.45, 7) is 3.43. The lowest BCUT2D eigenvalue weighted by atomic mass is 10.1. The molecule has 0 fully saturated rings. The smallest absolute Gasteiger partial charge is 0.274 e. The number of amides is 1. The van der Waals surface area contributed by atoms with Crippen LogP contribution in [0.25, 0.3) is 17.0 Å². The summed E-state index contributed by atoms with van der Waals surface area (Å²) in [7, 11) is 0. The average Bonchev–Trinajstić information content (AvgIpc) is 3.35. The molecular weight excluding hydrogens is 370 g/mol. The summed E-state index contributed by atoms with van der Waals surface area (Å²) in [6.07, 6.45) is 4.11. The molecule has 0 aliphatic heterocycles. The maximum Gasteiger partial charge on any atom is 0.274 e. The second-order valence-corrected chi connectivity index (χ2v) is 6.77. The number of pyridine rings is 1. The third kappa shape index (κ3) is 3.91. The van der Waals surface area contributed by atoms with Gasteiger partial charge in [-0.1, -0.05) is 23.4 Å². The van der Waals surface area contributed by atoms with Crippen molar-refractivity contribution >= 4 is 23.0 Å². The van der Waals surface area contributed by atoms with Crippen LogP contribution in [0.4, 0.5) is 5.69 Å². The second-order valence-electron chi connectivity index (χ2n) is 6.77. The normalized spacial score (nSPS) is 11.0. The first-order valence-corrected chi connectivity index (χ1v) is 9.18. The molecule has 0 unspecified atom stereocenters. The van der Waals surface area contributed by atoms with Crippen LogP contribution >= 0.6 is 0 Å². The van der Waals surface area contributed by atoms with Gasteiger partial charge in [-0.05, 0) is 37.6 Å². The van der Waals surface area contributed by atoms with Gasteiger partial charge in [0.2, 0.25) is 11.7 Å². The molecule has 3 heterocycles. The Bertz CT molecular complexity index is 1210. The van der Waals surface area contributed by atoms with Gasteiger partial charge < -0.3 is 14.6 Å². The molecule has 4 aromatic rings. The average molecular weight is 389 g/mol. The highest BCUT2D eigenvalue weighted by atomic mass is 16.5. The Labute approximate surface area is 166 Å². The number of nitrogens with zero attached hydrogens (tertiary/aromatic N) is 4. The lowest BCUT2D eigenvalue weighted by molar-refractivity contribution is -0.117. The predicted molar refractivity (Wildman–Crippen MR) is 107 cm³/mol. The zero-order valence-corrected chi connectivity index (χ0v) is 16.0. The highest BCUT2D eigenvalue weighted by molar-refractivity contribution is 6.04. The molecule has 29 heavy (non-hydrogen) atoms. The van der Waals surface area contributed by atoms with Crippen molar-refractivity contribution in [2.75, 3.05) is 5.32 Å². The number of Topliss-reactive ketones (excluding diaryl/α,β-unsaturated/α-hetero) is 1. The largest absolute Gasteiger partial charge is 0.339 e. The van der Waals surface area contributed by atoms with Crippen molar-refractivity contribution in [3.05, 3.63) is 65.9 Å². The van der Waals surface area contributed by atoms with Gasteiger partial charge in [-0.2, -0.15) is 4.98 Å². The van der Waals surface area contributed by atoms with Gasteiger partial charge in [0.05, 0.1) is 6.20 Å². The lowest BCUT2D eigenvalue weighted by Crippen LogP contribution is -2.15. The van der Waals surface area contributed by atoms with Crippen molar-refractivity contribution in [2.24, 2.45) is 0 Å². The Kier molecular flexibility index (Phi) is 4.90. The minimum absolute atomic E-state index is 0.0671. The van der Waals surface area contributed by atoms with E-state index in [1.165, 1.54) is 6.92 Å². The third-order valence-electron chi connectivity index (χ3n) is 4.55. The molecular formula is C21H19N5O3. The highest BCUT2D eigenvalue weighted by Gasteiger charge is 2.15. The Morgan fingerprint density at radius 2 is 2.07 bits per heavy atom. The van der Waals surface area contributed by atoms with Crippen LogP contribution in [0.1, 0.15) is 35.3 Å². The number of anilines is 1. The number of aromatic nitrogens is 4. The van der Waals surface area contributed by atoms with Crippen molar-refractivity contribution in [1.29, 1.82) is 0 Å². The van der Waals surface area contributed by atoms with E-state index in [0.29, 0.717) is 47.1 Å². The molecule has 0 aliphatic carbocycles. The standard InChI is InChI=1S/C21H19N5O3/c1-13-6-8-15(20-24-19(29-25-20)9-7-14(2)27)11-16(13)23-21(28)17-12-22-18-5-3-4-10-26(17)18/h3-6,8,10-12H,7,9H2,1-2H3,(H,23,28). The van der Waals surface area contributed by atoms with Crippen LogP contribution in [0.15, 0.2) is 53.3 Å². The molecule has 4 rings (SSSR count). The quantitative estimate of drug-likeness (QED) is 0.542. The van der Waals surface area contributed by atoms with Gasteiger partial charge in [-0.3, -0.25) is 9.20 Å². The van der Waals surface area contributed by atoms with E-state index in [-0.39, 0.29) is 11.7 Å². The van der Waals surface area contributed by atoms with E-state index in [1.807, 2.05) is 37.3 Å². The van der Waals surface area contributed by atoms with Gasteiger partial charge in [-0.15, -0.1) is 0 Å². The fraction of sp³-hybridized carbons (Fsp3) is 0.190. The van der Waals surface area contributed by atoms with Crippen LogP contribution in [0.3, 0.4) is 0 Å².